The Balaban J connectivity index is 1.77. The Morgan fingerprint density at radius 1 is 1.23 bits per heavy atom. The van der Waals surface area contributed by atoms with Crippen LogP contribution in [0, 0.1) is 0 Å². The summed E-state index contributed by atoms with van der Waals surface area (Å²) in [7, 11) is 0. The fourth-order valence-corrected chi connectivity index (χ4v) is 2.31. The number of ether oxygens (including phenoxy) is 2. The molecule has 1 saturated heterocycles. The Kier molecular flexibility index (Phi) is 7.15. The molecule has 1 fully saturated rings. The van der Waals surface area contributed by atoms with Crippen LogP contribution in [0.5, 0.6) is 0 Å². The lowest BCUT2D eigenvalue weighted by molar-refractivity contribution is 0.0305. The monoisotopic (exact) mass is 308 g/mol. The lowest BCUT2D eigenvalue weighted by atomic mass is 10.2. The van der Waals surface area contributed by atoms with Crippen LogP contribution in [0.3, 0.4) is 0 Å². The van der Waals surface area contributed by atoms with Gasteiger partial charge in [0, 0.05) is 32.7 Å². The van der Waals surface area contributed by atoms with Crippen LogP contribution in [0.25, 0.3) is 0 Å². The summed E-state index contributed by atoms with van der Waals surface area (Å²) in [5.41, 5.74) is 0.952. The molecule has 2 rings (SSSR count). The summed E-state index contributed by atoms with van der Waals surface area (Å²) in [4.78, 5) is 15.9. The van der Waals surface area contributed by atoms with Gasteiger partial charge in [0.05, 0.1) is 19.8 Å². The van der Waals surface area contributed by atoms with Gasteiger partial charge in [-0.3, -0.25) is 4.90 Å². The SMILES string of the molecule is O=C(OCc1ccccc1)N(CCO)CCN1CCOCC1. The zero-order valence-electron chi connectivity index (χ0n) is 12.8. The lowest BCUT2D eigenvalue weighted by Gasteiger charge is -2.29. The van der Waals surface area contributed by atoms with E-state index in [4.69, 9.17) is 14.6 Å². The molecule has 1 aromatic carbocycles. The normalized spacial score (nSPS) is 15.5. The Labute approximate surface area is 131 Å². The third kappa shape index (κ3) is 5.63. The van der Waals surface area contributed by atoms with Crippen molar-refractivity contribution in [3.8, 4) is 0 Å². The molecule has 1 amide bonds. The maximum absolute atomic E-state index is 12.1. The zero-order valence-corrected chi connectivity index (χ0v) is 12.8. The highest BCUT2D eigenvalue weighted by Gasteiger charge is 2.17. The highest BCUT2D eigenvalue weighted by molar-refractivity contribution is 5.67. The number of rotatable bonds is 7. The standard InChI is InChI=1S/C16H24N2O4/c19-11-8-18(7-6-17-9-12-21-13-10-17)16(20)22-14-15-4-2-1-3-5-15/h1-5,19H,6-14H2. The van der Waals surface area contributed by atoms with Crippen LogP contribution in [0.2, 0.25) is 0 Å². The number of hydrogen-bond donors (Lipinski definition) is 1. The first kappa shape index (κ1) is 16.7. The van der Waals surface area contributed by atoms with Crippen molar-refractivity contribution < 1.29 is 19.4 Å². The second-order valence-corrected chi connectivity index (χ2v) is 5.20. The molecular weight excluding hydrogens is 284 g/mol. The van der Waals surface area contributed by atoms with Crippen molar-refractivity contribution in [3.05, 3.63) is 35.9 Å². The molecule has 0 radical (unpaired) electrons. The van der Waals surface area contributed by atoms with Gasteiger partial charge < -0.3 is 19.5 Å². The molecule has 0 saturated carbocycles. The number of aliphatic hydroxyl groups excluding tert-OH is 1. The summed E-state index contributed by atoms with van der Waals surface area (Å²) in [6.45, 7) is 5.02. The number of amides is 1. The zero-order chi connectivity index (χ0) is 15.6. The van der Waals surface area contributed by atoms with Crippen molar-refractivity contribution in [2.75, 3.05) is 52.5 Å². The molecule has 1 aromatic rings. The maximum Gasteiger partial charge on any atom is 0.410 e. The van der Waals surface area contributed by atoms with Crippen LogP contribution < -0.4 is 0 Å². The summed E-state index contributed by atoms with van der Waals surface area (Å²) < 4.78 is 10.6. The van der Waals surface area contributed by atoms with Gasteiger partial charge in [0.2, 0.25) is 0 Å². The van der Waals surface area contributed by atoms with Crippen LogP contribution >= 0.6 is 0 Å². The van der Waals surface area contributed by atoms with Gasteiger partial charge in [0.25, 0.3) is 0 Å². The quantitative estimate of drug-likeness (QED) is 0.812. The van der Waals surface area contributed by atoms with Gasteiger partial charge in [-0.25, -0.2) is 4.79 Å². The van der Waals surface area contributed by atoms with Crippen molar-refractivity contribution in [2.24, 2.45) is 0 Å². The van der Waals surface area contributed by atoms with E-state index in [0.29, 0.717) is 6.54 Å². The molecular formula is C16H24N2O4. The van der Waals surface area contributed by atoms with Gasteiger partial charge in [0.1, 0.15) is 6.61 Å². The van der Waals surface area contributed by atoms with Crippen LogP contribution in [-0.2, 0) is 16.1 Å². The topological polar surface area (TPSA) is 62.2 Å². The van der Waals surface area contributed by atoms with E-state index in [9.17, 15) is 4.79 Å². The van der Waals surface area contributed by atoms with Crippen molar-refractivity contribution >= 4 is 6.09 Å². The molecule has 1 aliphatic rings. The Morgan fingerprint density at radius 3 is 2.64 bits per heavy atom. The number of hydrogen-bond acceptors (Lipinski definition) is 5. The van der Waals surface area contributed by atoms with Crippen LogP contribution in [0.15, 0.2) is 30.3 Å². The molecule has 1 heterocycles. The van der Waals surface area contributed by atoms with E-state index in [1.165, 1.54) is 0 Å². The number of morpholine rings is 1. The summed E-state index contributed by atoms with van der Waals surface area (Å²) in [6.07, 6.45) is -0.383. The predicted octanol–water partition coefficient (Wildman–Crippen LogP) is 0.950. The minimum Gasteiger partial charge on any atom is -0.445 e. The van der Waals surface area contributed by atoms with E-state index in [1.54, 1.807) is 4.90 Å². The maximum atomic E-state index is 12.1. The highest BCUT2D eigenvalue weighted by Crippen LogP contribution is 2.04. The van der Waals surface area contributed by atoms with E-state index >= 15 is 0 Å². The molecule has 6 heteroatoms. The average Bonchev–Trinajstić information content (AvgIpc) is 2.58. The summed E-state index contributed by atoms with van der Waals surface area (Å²) >= 11 is 0. The van der Waals surface area contributed by atoms with Gasteiger partial charge in [-0.2, -0.15) is 0 Å². The fourth-order valence-electron chi connectivity index (χ4n) is 2.31. The smallest absolute Gasteiger partial charge is 0.410 e. The number of carbonyl (C=O) groups excluding carboxylic acids is 1. The number of aliphatic hydroxyl groups is 1. The summed E-state index contributed by atoms with van der Waals surface area (Å²) in [6, 6.07) is 9.57. The minimum absolute atomic E-state index is 0.0659. The van der Waals surface area contributed by atoms with Gasteiger partial charge in [-0.05, 0) is 5.56 Å². The molecule has 6 nitrogen and oxygen atoms in total. The Morgan fingerprint density at radius 2 is 1.95 bits per heavy atom. The van der Waals surface area contributed by atoms with Crippen LogP contribution in [0.4, 0.5) is 4.79 Å². The number of benzene rings is 1. The molecule has 0 spiro atoms. The Bertz CT molecular complexity index is 435. The van der Waals surface area contributed by atoms with Crippen molar-refractivity contribution in [1.82, 2.24) is 9.80 Å². The molecule has 0 aliphatic carbocycles. The largest absolute Gasteiger partial charge is 0.445 e. The molecule has 0 atom stereocenters. The van der Waals surface area contributed by atoms with Gasteiger partial charge in [0.15, 0.2) is 0 Å². The number of carbonyl (C=O) groups is 1. The van der Waals surface area contributed by atoms with Gasteiger partial charge in [-0.15, -0.1) is 0 Å². The van der Waals surface area contributed by atoms with Crippen molar-refractivity contribution in [3.63, 3.8) is 0 Å². The molecule has 22 heavy (non-hydrogen) atoms. The van der Waals surface area contributed by atoms with Crippen molar-refractivity contribution in [1.29, 1.82) is 0 Å². The molecule has 1 aliphatic heterocycles. The van der Waals surface area contributed by atoms with E-state index < -0.39 is 0 Å². The van der Waals surface area contributed by atoms with E-state index in [1.807, 2.05) is 30.3 Å². The Hall–Kier alpha value is -1.63. The van der Waals surface area contributed by atoms with Gasteiger partial charge in [-0.1, -0.05) is 30.3 Å². The van der Waals surface area contributed by atoms with E-state index in [0.717, 1.165) is 38.4 Å². The minimum atomic E-state index is -0.383. The average molecular weight is 308 g/mol. The summed E-state index contributed by atoms with van der Waals surface area (Å²) in [5, 5.41) is 9.12. The lowest BCUT2D eigenvalue weighted by Crippen LogP contribution is -2.44. The van der Waals surface area contributed by atoms with Gasteiger partial charge >= 0.3 is 6.09 Å². The molecule has 0 unspecified atom stereocenters. The van der Waals surface area contributed by atoms with Crippen LogP contribution in [0.1, 0.15) is 5.56 Å². The predicted molar refractivity (Wildman–Crippen MR) is 82.5 cm³/mol. The van der Waals surface area contributed by atoms with Crippen LogP contribution in [-0.4, -0.2) is 73.5 Å². The third-order valence-electron chi connectivity index (χ3n) is 3.62. The summed E-state index contributed by atoms with van der Waals surface area (Å²) in [5.74, 6) is 0. The fraction of sp³-hybridized carbons (Fsp3) is 0.562. The first-order valence-electron chi connectivity index (χ1n) is 7.66. The highest BCUT2D eigenvalue weighted by atomic mass is 16.6. The third-order valence-corrected chi connectivity index (χ3v) is 3.62. The molecule has 1 N–H and O–H groups in total. The van der Waals surface area contributed by atoms with E-state index in [2.05, 4.69) is 4.90 Å². The molecule has 0 bridgehead atoms. The first-order chi connectivity index (χ1) is 10.8. The molecule has 122 valence electrons. The second kappa shape index (κ2) is 9.40. The second-order valence-electron chi connectivity index (χ2n) is 5.20. The van der Waals surface area contributed by atoms with Crippen molar-refractivity contribution in [2.45, 2.75) is 6.61 Å². The van der Waals surface area contributed by atoms with E-state index in [-0.39, 0.29) is 25.9 Å². The first-order valence-corrected chi connectivity index (χ1v) is 7.66. The number of nitrogens with zero attached hydrogens (tertiary/aromatic N) is 2. The molecule has 0 aromatic heterocycles.